The van der Waals surface area contributed by atoms with Crippen LogP contribution in [0.25, 0.3) is 11.2 Å². The van der Waals surface area contributed by atoms with Gasteiger partial charge in [-0.3, -0.25) is 13.9 Å². The standard InChI is InChI=1S/C15H22N4O3.C2H6/c1-4-15(6-8-22-9-15)5-7-19-13(20)11-12(16-10-17(11)2)18(3)14(19)21;1-2/h10H,4-9H2,1-3H3;1-2H3. The fourth-order valence-electron chi connectivity index (χ4n) is 3.24. The van der Waals surface area contributed by atoms with Crippen LogP contribution in [0.3, 0.4) is 0 Å². The van der Waals surface area contributed by atoms with Gasteiger partial charge in [-0.05, 0) is 24.7 Å². The van der Waals surface area contributed by atoms with Crippen LogP contribution in [0.2, 0.25) is 0 Å². The van der Waals surface area contributed by atoms with Crippen LogP contribution in [0.1, 0.15) is 40.0 Å². The average Bonchev–Trinajstić information content (AvgIpc) is 3.22. The highest BCUT2D eigenvalue weighted by atomic mass is 16.5. The first-order valence-corrected chi connectivity index (χ1v) is 8.68. The van der Waals surface area contributed by atoms with Gasteiger partial charge in [0.2, 0.25) is 0 Å². The summed E-state index contributed by atoms with van der Waals surface area (Å²) in [5, 5.41) is 0. The van der Waals surface area contributed by atoms with E-state index in [2.05, 4.69) is 11.9 Å². The molecule has 24 heavy (non-hydrogen) atoms. The molecule has 1 aliphatic rings. The number of ether oxygens (including phenoxy) is 1. The van der Waals surface area contributed by atoms with Gasteiger partial charge in [0.15, 0.2) is 11.2 Å². The summed E-state index contributed by atoms with van der Waals surface area (Å²) in [6.07, 6.45) is 4.33. The fourth-order valence-corrected chi connectivity index (χ4v) is 3.24. The van der Waals surface area contributed by atoms with Crippen molar-refractivity contribution >= 4 is 11.2 Å². The Hall–Kier alpha value is -1.89. The lowest BCUT2D eigenvalue weighted by Crippen LogP contribution is -2.40. The van der Waals surface area contributed by atoms with Crippen molar-refractivity contribution in [1.82, 2.24) is 18.7 Å². The highest BCUT2D eigenvalue weighted by molar-refractivity contribution is 5.69. The van der Waals surface area contributed by atoms with E-state index in [4.69, 9.17) is 4.74 Å². The SMILES string of the molecule is CC.CCC1(CCn2c(=O)c3c(ncn3C)n(C)c2=O)CCOC1. The molecule has 0 aliphatic carbocycles. The lowest BCUT2D eigenvalue weighted by Gasteiger charge is -2.25. The molecule has 0 bridgehead atoms. The molecule has 1 aliphatic heterocycles. The zero-order valence-corrected chi connectivity index (χ0v) is 15.3. The van der Waals surface area contributed by atoms with E-state index in [1.807, 2.05) is 13.8 Å². The van der Waals surface area contributed by atoms with Crippen LogP contribution in [-0.4, -0.2) is 31.9 Å². The van der Waals surface area contributed by atoms with E-state index < -0.39 is 0 Å². The van der Waals surface area contributed by atoms with Crippen molar-refractivity contribution in [2.75, 3.05) is 13.2 Å². The molecule has 3 heterocycles. The highest BCUT2D eigenvalue weighted by Crippen LogP contribution is 2.35. The second-order valence-electron chi connectivity index (χ2n) is 6.23. The van der Waals surface area contributed by atoms with Gasteiger partial charge in [-0.2, -0.15) is 0 Å². The molecular formula is C17H28N4O3. The first kappa shape index (κ1) is 18.4. The van der Waals surface area contributed by atoms with E-state index in [-0.39, 0.29) is 16.7 Å². The zero-order chi connectivity index (χ0) is 17.9. The molecule has 7 nitrogen and oxygen atoms in total. The van der Waals surface area contributed by atoms with Gasteiger partial charge in [0.05, 0.1) is 12.9 Å². The molecule has 0 amide bonds. The van der Waals surface area contributed by atoms with Crippen LogP contribution in [0, 0.1) is 5.41 Å². The van der Waals surface area contributed by atoms with Crippen LogP contribution in [-0.2, 0) is 25.4 Å². The second-order valence-corrected chi connectivity index (χ2v) is 6.23. The molecule has 1 unspecified atom stereocenters. The highest BCUT2D eigenvalue weighted by Gasteiger charge is 2.33. The minimum Gasteiger partial charge on any atom is -0.381 e. The normalized spacial score (nSPS) is 20.2. The van der Waals surface area contributed by atoms with Gasteiger partial charge in [0, 0.05) is 27.2 Å². The van der Waals surface area contributed by atoms with Crippen molar-refractivity contribution in [3.8, 4) is 0 Å². The summed E-state index contributed by atoms with van der Waals surface area (Å²) >= 11 is 0. The van der Waals surface area contributed by atoms with E-state index in [0.717, 1.165) is 25.9 Å². The quantitative estimate of drug-likeness (QED) is 0.851. The van der Waals surface area contributed by atoms with Crippen LogP contribution < -0.4 is 11.2 Å². The Morgan fingerprint density at radius 1 is 1.29 bits per heavy atom. The lowest BCUT2D eigenvalue weighted by atomic mass is 9.81. The number of nitrogens with zero attached hydrogens (tertiary/aromatic N) is 4. The predicted octanol–water partition coefficient (Wildman–Crippen LogP) is 1.67. The third-order valence-corrected chi connectivity index (χ3v) is 5.00. The third kappa shape index (κ3) is 3.05. The predicted molar refractivity (Wildman–Crippen MR) is 94.3 cm³/mol. The summed E-state index contributed by atoms with van der Waals surface area (Å²) < 4.78 is 9.96. The molecule has 0 N–H and O–H groups in total. The van der Waals surface area contributed by atoms with Crippen LogP contribution in [0.4, 0.5) is 0 Å². The number of fused-ring (bicyclic) bond motifs is 1. The minimum absolute atomic E-state index is 0.0892. The van der Waals surface area contributed by atoms with Gasteiger partial charge in [-0.25, -0.2) is 9.78 Å². The van der Waals surface area contributed by atoms with Crippen LogP contribution in [0.15, 0.2) is 15.9 Å². The molecule has 2 aromatic rings. The minimum atomic E-state index is -0.304. The summed E-state index contributed by atoms with van der Waals surface area (Å²) in [4.78, 5) is 29.2. The van der Waals surface area contributed by atoms with E-state index in [9.17, 15) is 9.59 Å². The molecule has 7 heteroatoms. The van der Waals surface area contributed by atoms with Gasteiger partial charge in [0.1, 0.15) is 0 Å². The third-order valence-electron chi connectivity index (χ3n) is 5.00. The van der Waals surface area contributed by atoms with Gasteiger partial charge in [0.25, 0.3) is 5.56 Å². The van der Waals surface area contributed by atoms with Gasteiger partial charge in [-0.15, -0.1) is 0 Å². The maximum absolute atomic E-state index is 12.6. The second kappa shape index (κ2) is 7.34. The summed E-state index contributed by atoms with van der Waals surface area (Å²) in [5.74, 6) is 0. The van der Waals surface area contributed by atoms with Gasteiger partial charge in [-0.1, -0.05) is 20.8 Å². The molecule has 1 fully saturated rings. The van der Waals surface area contributed by atoms with Crippen molar-refractivity contribution in [2.24, 2.45) is 19.5 Å². The molecule has 0 saturated carbocycles. The molecule has 2 aromatic heterocycles. The smallest absolute Gasteiger partial charge is 0.332 e. The Kier molecular flexibility index (Phi) is 5.64. The fraction of sp³-hybridized carbons (Fsp3) is 0.706. The van der Waals surface area contributed by atoms with Crippen molar-refractivity contribution in [3.63, 3.8) is 0 Å². The maximum Gasteiger partial charge on any atom is 0.332 e. The average molecular weight is 336 g/mol. The number of hydrogen-bond donors (Lipinski definition) is 0. The number of aryl methyl sites for hydroxylation is 2. The summed E-state index contributed by atoms with van der Waals surface area (Å²) in [6.45, 7) is 8.04. The summed E-state index contributed by atoms with van der Waals surface area (Å²) in [7, 11) is 3.42. The van der Waals surface area contributed by atoms with Crippen molar-refractivity contribution in [2.45, 2.75) is 46.6 Å². The molecule has 3 rings (SSSR count). The molecule has 0 radical (unpaired) electrons. The zero-order valence-electron chi connectivity index (χ0n) is 15.3. The first-order chi connectivity index (χ1) is 11.5. The Bertz CT molecular complexity index is 810. The topological polar surface area (TPSA) is 71.0 Å². The monoisotopic (exact) mass is 336 g/mol. The largest absolute Gasteiger partial charge is 0.381 e. The Labute approximate surface area is 141 Å². The van der Waals surface area contributed by atoms with Crippen molar-refractivity contribution < 1.29 is 4.74 Å². The van der Waals surface area contributed by atoms with Gasteiger partial charge < -0.3 is 9.30 Å². The Morgan fingerprint density at radius 3 is 2.58 bits per heavy atom. The number of rotatable bonds is 4. The summed E-state index contributed by atoms with van der Waals surface area (Å²) in [5.41, 5.74) is 0.425. The number of imidazole rings is 1. The van der Waals surface area contributed by atoms with E-state index in [0.29, 0.717) is 24.3 Å². The summed E-state index contributed by atoms with van der Waals surface area (Å²) in [6, 6.07) is 0. The van der Waals surface area contributed by atoms with Crippen LogP contribution in [0.5, 0.6) is 0 Å². The molecule has 1 atom stereocenters. The number of aromatic nitrogens is 4. The van der Waals surface area contributed by atoms with Crippen LogP contribution >= 0.6 is 0 Å². The van der Waals surface area contributed by atoms with Gasteiger partial charge >= 0.3 is 5.69 Å². The first-order valence-electron chi connectivity index (χ1n) is 8.68. The van der Waals surface area contributed by atoms with E-state index in [1.165, 1.54) is 9.13 Å². The lowest BCUT2D eigenvalue weighted by molar-refractivity contribution is 0.139. The van der Waals surface area contributed by atoms with E-state index >= 15 is 0 Å². The maximum atomic E-state index is 12.6. The molecule has 0 aromatic carbocycles. The Balaban J connectivity index is 0.00000100. The Morgan fingerprint density at radius 2 is 2.00 bits per heavy atom. The molecule has 0 spiro atoms. The molecular weight excluding hydrogens is 308 g/mol. The van der Waals surface area contributed by atoms with Crippen molar-refractivity contribution in [3.05, 3.63) is 27.2 Å². The van der Waals surface area contributed by atoms with E-state index in [1.54, 1.807) is 25.0 Å². The molecule has 1 saturated heterocycles. The molecule has 134 valence electrons. The van der Waals surface area contributed by atoms with Crippen molar-refractivity contribution in [1.29, 1.82) is 0 Å². The number of hydrogen-bond acceptors (Lipinski definition) is 4.